The second kappa shape index (κ2) is 7.01. The SMILES string of the molecule is C=CCSc1nc2c(c(=O)[nH]1)[C@H](c1ccc(Cl)cc1Cl)CC(=O)N2. The van der Waals surface area contributed by atoms with Crippen LogP contribution in [0.2, 0.25) is 10.0 Å². The molecule has 1 aliphatic rings. The molecule has 0 unspecified atom stereocenters. The number of hydrogen-bond donors (Lipinski definition) is 2. The third-order valence-corrected chi connectivity index (χ3v) is 5.04. The molecule has 0 saturated carbocycles. The number of carbonyl (C=O) groups excluding carboxylic acids is 1. The van der Waals surface area contributed by atoms with Crippen molar-refractivity contribution < 1.29 is 4.79 Å². The van der Waals surface area contributed by atoms with Crippen LogP contribution in [0, 0.1) is 0 Å². The molecule has 1 aliphatic heterocycles. The minimum absolute atomic E-state index is 0.123. The number of hydrogen-bond acceptors (Lipinski definition) is 4. The minimum Gasteiger partial charge on any atom is -0.310 e. The lowest BCUT2D eigenvalue weighted by molar-refractivity contribution is -0.116. The molecular formula is C16H13Cl2N3O2S. The summed E-state index contributed by atoms with van der Waals surface area (Å²) in [5.41, 5.74) is 0.792. The van der Waals surface area contributed by atoms with Gasteiger partial charge in [-0.3, -0.25) is 9.59 Å². The zero-order valence-electron chi connectivity index (χ0n) is 12.4. The quantitative estimate of drug-likeness (QED) is 0.479. The lowest BCUT2D eigenvalue weighted by Crippen LogP contribution is -2.31. The number of aromatic amines is 1. The number of halogens is 2. The maximum Gasteiger partial charge on any atom is 0.257 e. The van der Waals surface area contributed by atoms with Gasteiger partial charge in [-0.15, -0.1) is 6.58 Å². The molecule has 0 aliphatic carbocycles. The molecule has 5 nitrogen and oxygen atoms in total. The van der Waals surface area contributed by atoms with Crippen LogP contribution in [0.3, 0.4) is 0 Å². The van der Waals surface area contributed by atoms with Gasteiger partial charge in [0.05, 0.1) is 5.56 Å². The molecule has 8 heteroatoms. The Hall–Kier alpha value is -1.76. The van der Waals surface area contributed by atoms with Gasteiger partial charge in [-0.2, -0.15) is 0 Å². The van der Waals surface area contributed by atoms with E-state index in [2.05, 4.69) is 21.9 Å². The van der Waals surface area contributed by atoms with Crippen molar-refractivity contribution in [3.63, 3.8) is 0 Å². The smallest absolute Gasteiger partial charge is 0.257 e. The number of fused-ring (bicyclic) bond motifs is 1. The summed E-state index contributed by atoms with van der Waals surface area (Å²) in [5, 5.41) is 4.01. The Bertz CT molecular complexity index is 882. The summed E-state index contributed by atoms with van der Waals surface area (Å²) in [6.07, 6.45) is 1.83. The van der Waals surface area contributed by atoms with Crippen LogP contribution in [0.1, 0.15) is 23.5 Å². The fourth-order valence-corrected chi connectivity index (χ4v) is 3.74. The van der Waals surface area contributed by atoms with E-state index in [1.807, 2.05) is 0 Å². The maximum absolute atomic E-state index is 12.6. The van der Waals surface area contributed by atoms with Crippen molar-refractivity contribution in [2.45, 2.75) is 17.5 Å². The van der Waals surface area contributed by atoms with Gasteiger partial charge in [-0.05, 0) is 17.7 Å². The topological polar surface area (TPSA) is 74.8 Å². The standard InChI is InChI=1S/C16H13Cl2N3O2S/c1-2-5-24-16-20-14-13(15(23)21-16)10(7-12(22)19-14)9-4-3-8(17)6-11(9)18/h2-4,6,10H,1,5,7H2,(H2,19,20,21,22,23)/t10-/m0/s1. The molecule has 0 saturated heterocycles. The molecule has 2 aromatic rings. The second-order valence-electron chi connectivity index (χ2n) is 5.20. The Labute approximate surface area is 152 Å². The number of H-pyrrole nitrogens is 1. The molecule has 124 valence electrons. The van der Waals surface area contributed by atoms with Crippen molar-refractivity contribution in [1.29, 1.82) is 0 Å². The molecule has 2 heterocycles. The van der Waals surface area contributed by atoms with E-state index >= 15 is 0 Å². The molecule has 24 heavy (non-hydrogen) atoms. The van der Waals surface area contributed by atoms with Crippen LogP contribution in [0.4, 0.5) is 5.82 Å². The van der Waals surface area contributed by atoms with Crippen LogP contribution in [0.5, 0.6) is 0 Å². The van der Waals surface area contributed by atoms with Gasteiger partial charge in [0.2, 0.25) is 5.91 Å². The fraction of sp³-hybridized carbons (Fsp3) is 0.188. The zero-order chi connectivity index (χ0) is 17.3. The normalized spacial score (nSPS) is 16.4. The number of nitrogens with zero attached hydrogens (tertiary/aromatic N) is 1. The number of amides is 1. The molecule has 1 atom stereocenters. The second-order valence-corrected chi connectivity index (χ2v) is 7.06. The van der Waals surface area contributed by atoms with Crippen LogP contribution < -0.4 is 10.9 Å². The molecule has 1 aromatic carbocycles. The highest BCUT2D eigenvalue weighted by molar-refractivity contribution is 7.99. The van der Waals surface area contributed by atoms with Crippen LogP contribution in [0.15, 0.2) is 40.8 Å². The Kier molecular flexibility index (Phi) is 4.99. The minimum atomic E-state index is -0.465. The Morgan fingerprint density at radius 2 is 2.17 bits per heavy atom. The summed E-state index contributed by atoms with van der Waals surface area (Å²) < 4.78 is 0. The van der Waals surface area contributed by atoms with E-state index in [0.717, 1.165) is 0 Å². The zero-order valence-corrected chi connectivity index (χ0v) is 14.8. The predicted molar refractivity (Wildman–Crippen MR) is 97.3 cm³/mol. The fourth-order valence-electron chi connectivity index (χ4n) is 2.61. The van der Waals surface area contributed by atoms with Crippen LogP contribution in [-0.2, 0) is 4.79 Å². The first kappa shape index (κ1) is 17.1. The van der Waals surface area contributed by atoms with Crippen LogP contribution >= 0.6 is 35.0 Å². The highest BCUT2D eigenvalue weighted by Crippen LogP contribution is 2.38. The molecule has 0 bridgehead atoms. The van der Waals surface area contributed by atoms with Gasteiger partial charge < -0.3 is 10.3 Å². The van der Waals surface area contributed by atoms with E-state index in [4.69, 9.17) is 23.2 Å². The highest BCUT2D eigenvalue weighted by atomic mass is 35.5. The van der Waals surface area contributed by atoms with E-state index in [-0.39, 0.29) is 23.7 Å². The lowest BCUT2D eigenvalue weighted by atomic mass is 9.87. The molecule has 1 amide bonds. The van der Waals surface area contributed by atoms with Crippen molar-refractivity contribution in [2.24, 2.45) is 0 Å². The van der Waals surface area contributed by atoms with Crippen LogP contribution in [-0.4, -0.2) is 21.6 Å². The average Bonchev–Trinajstić information content (AvgIpc) is 2.51. The molecule has 1 aromatic heterocycles. The molecule has 3 rings (SSSR count). The summed E-state index contributed by atoms with van der Waals surface area (Å²) in [6.45, 7) is 3.63. The van der Waals surface area contributed by atoms with Gasteiger partial charge in [0.25, 0.3) is 5.56 Å². The molecule has 0 spiro atoms. The van der Waals surface area contributed by atoms with Crippen molar-refractivity contribution in [3.05, 3.63) is 62.4 Å². The third kappa shape index (κ3) is 3.36. The van der Waals surface area contributed by atoms with Gasteiger partial charge in [-0.1, -0.05) is 47.1 Å². The first-order chi connectivity index (χ1) is 11.5. The van der Waals surface area contributed by atoms with E-state index in [0.29, 0.717) is 32.1 Å². The van der Waals surface area contributed by atoms with Crippen molar-refractivity contribution in [2.75, 3.05) is 11.1 Å². The monoisotopic (exact) mass is 381 g/mol. The number of carbonyl (C=O) groups is 1. The highest BCUT2D eigenvalue weighted by Gasteiger charge is 2.32. The molecule has 2 N–H and O–H groups in total. The molecular weight excluding hydrogens is 369 g/mol. The predicted octanol–water partition coefficient (Wildman–Crippen LogP) is 3.83. The van der Waals surface area contributed by atoms with Crippen molar-refractivity contribution >= 4 is 46.7 Å². The maximum atomic E-state index is 12.6. The average molecular weight is 382 g/mol. The van der Waals surface area contributed by atoms with Gasteiger partial charge in [0.15, 0.2) is 5.16 Å². The third-order valence-electron chi connectivity index (χ3n) is 3.61. The summed E-state index contributed by atoms with van der Waals surface area (Å²) in [5.74, 6) is 0.198. The van der Waals surface area contributed by atoms with Gasteiger partial charge in [0.1, 0.15) is 5.82 Å². The Morgan fingerprint density at radius 1 is 1.38 bits per heavy atom. The number of thioether (sulfide) groups is 1. The summed E-state index contributed by atoms with van der Waals surface area (Å²) in [6, 6.07) is 5.02. The number of anilines is 1. The number of aromatic nitrogens is 2. The van der Waals surface area contributed by atoms with E-state index in [1.165, 1.54) is 11.8 Å². The van der Waals surface area contributed by atoms with Gasteiger partial charge in [0, 0.05) is 28.1 Å². The molecule has 0 radical (unpaired) electrons. The summed E-state index contributed by atoms with van der Waals surface area (Å²) >= 11 is 13.5. The molecule has 0 fully saturated rings. The summed E-state index contributed by atoms with van der Waals surface area (Å²) in [7, 11) is 0. The Balaban J connectivity index is 2.11. The number of benzene rings is 1. The number of rotatable bonds is 4. The van der Waals surface area contributed by atoms with Crippen LogP contribution in [0.25, 0.3) is 0 Å². The first-order valence-electron chi connectivity index (χ1n) is 7.12. The summed E-state index contributed by atoms with van der Waals surface area (Å²) in [4.78, 5) is 31.7. The van der Waals surface area contributed by atoms with Gasteiger partial charge >= 0.3 is 0 Å². The first-order valence-corrected chi connectivity index (χ1v) is 8.86. The number of nitrogens with one attached hydrogen (secondary N) is 2. The van der Waals surface area contributed by atoms with Crippen molar-refractivity contribution in [1.82, 2.24) is 9.97 Å². The lowest BCUT2D eigenvalue weighted by Gasteiger charge is -2.25. The largest absolute Gasteiger partial charge is 0.310 e. The van der Waals surface area contributed by atoms with Crippen molar-refractivity contribution in [3.8, 4) is 0 Å². The Morgan fingerprint density at radius 3 is 2.88 bits per heavy atom. The van der Waals surface area contributed by atoms with E-state index < -0.39 is 5.92 Å². The van der Waals surface area contributed by atoms with E-state index in [9.17, 15) is 9.59 Å². The van der Waals surface area contributed by atoms with Gasteiger partial charge in [-0.25, -0.2) is 4.98 Å². The van der Waals surface area contributed by atoms with E-state index in [1.54, 1.807) is 24.3 Å².